The number of hydrogen-bond acceptors (Lipinski definition) is 5. The molecular weight excluding hydrogens is 370 g/mol. The zero-order valence-corrected chi connectivity index (χ0v) is 16.5. The summed E-state index contributed by atoms with van der Waals surface area (Å²) in [4.78, 5) is 28.5. The largest absolute Gasteiger partial charge is 0.487 e. The molecule has 0 atom stereocenters. The minimum Gasteiger partial charge on any atom is -0.487 e. The molecule has 2 heterocycles. The lowest BCUT2D eigenvalue weighted by Gasteiger charge is -2.10. The molecule has 1 saturated carbocycles. The number of hydrogen-bond donors (Lipinski definition) is 1. The third-order valence-electron chi connectivity index (χ3n) is 5.30. The molecule has 1 aliphatic carbocycles. The second-order valence-corrected chi connectivity index (χ2v) is 7.63. The molecule has 3 aromatic rings. The maximum atomic E-state index is 12.1. The highest BCUT2D eigenvalue weighted by Gasteiger charge is 2.16. The minimum absolute atomic E-state index is 0.0546. The summed E-state index contributed by atoms with van der Waals surface area (Å²) in [6, 6.07) is 10.3. The second kappa shape index (κ2) is 8.51. The summed E-state index contributed by atoms with van der Waals surface area (Å²) in [5.41, 5.74) is 1.46. The number of nitrogens with zero attached hydrogens (tertiary/aromatic N) is 2. The Morgan fingerprint density at radius 3 is 2.76 bits per heavy atom. The van der Waals surface area contributed by atoms with E-state index in [1.807, 2.05) is 12.1 Å². The highest BCUT2D eigenvalue weighted by Crippen LogP contribution is 2.28. The number of amides is 1. The molecule has 0 unspecified atom stereocenters. The Bertz CT molecular complexity index is 1050. The standard InChI is InChI=1S/C22H25N3O4/c1-15-12-20-23-18(13-22(27)25(20)29-15)14-28-19-9-7-17(8-10-19)24-21(26)11-6-16-4-2-3-5-16/h7-10,12-13,16H,2-6,11,14H2,1H3,(H,24,26). The predicted octanol–water partition coefficient (Wildman–Crippen LogP) is 4.08. The molecule has 1 amide bonds. The van der Waals surface area contributed by atoms with Crippen molar-refractivity contribution in [2.45, 2.75) is 52.1 Å². The molecule has 7 nitrogen and oxygen atoms in total. The summed E-state index contributed by atoms with van der Waals surface area (Å²) < 4.78 is 12.2. The molecule has 1 aliphatic rings. The van der Waals surface area contributed by atoms with Crippen molar-refractivity contribution in [2.75, 3.05) is 5.32 Å². The summed E-state index contributed by atoms with van der Waals surface area (Å²) in [7, 11) is 0. The van der Waals surface area contributed by atoms with Gasteiger partial charge in [-0.05, 0) is 43.5 Å². The van der Waals surface area contributed by atoms with E-state index < -0.39 is 0 Å². The van der Waals surface area contributed by atoms with Crippen LogP contribution in [0.5, 0.6) is 5.75 Å². The summed E-state index contributed by atoms with van der Waals surface area (Å²) in [6.45, 7) is 1.93. The number of anilines is 1. The molecule has 1 N–H and O–H groups in total. The van der Waals surface area contributed by atoms with Crippen LogP contribution >= 0.6 is 0 Å². The highest BCUT2D eigenvalue weighted by molar-refractivity contribution is 5.90. The van der Waals surface area contributed by atoms with E-state index in [2.05, 4.69) is 10.3 Å². The normalized spacial score (nSPS) is 14.4. The first-order valence-electron chi connectivity index (χ1n) is 10.1. The first kappa shape index (κ1) is 19.2. The molecule has 2 aromatic heterocycles. The Kier molecular flexibility index (Phi) is 5.64. The van der Waals surface area contributed by atoms with Crippen LogP contribution in [0.25, 0.3) is 5.65 Å². The van der Waals surface area contributed by atoms with Gasteiger partial charge in [-0.25, -0.2) is 4.98 Å². The third-order valence-corrected chi connectivity index (χ3v) is 5.30. The van der Waals surface area contributed by atoms with E-state index in [-0.39, 0.29) is 18.1 Å². The van der Waals surface area contributed by atoms with Gasteiger partial charge < -0.3 is 14.6 Å². The highest BCUT2D eigenvalue weighted by atomic mass is 16.5. The number of aromatic nitrogens is 2. The summed E-state index contributed by atoms with van der Waals surface area (Å²) >= 11 is 0. The van der Waals surface area contributed by atoms with Crippen molar-refractivity contribution in [2.24, 2.45) is 5.92 Å². The number of nitrogens with one attached hydrogen (secondary N) is 1. The summed E-state index contributed by atoms with van der Waals surface area (Å²) in [5.74, 6) is 2.02. The molecule has 1 aromatic carbocycles. The third kappa shape index (κ3) is 4.85. The quantitative estimate of drug-likeness (QED) is 0.651. The van der Waals surface area contributed by atoms with Gasteiger partial charge in [0.25, 0.3) is 5.56 Å². The van der Waals surface area contributed by atoms with Crippen LogP contribution in [-0.2, 0) is 11.4 Å². The van der Waals surface area contributed by atoms with Crippen molar-refractivity contribution in [1.82, 2.24) is 9.56 Å². The van der Waals surface area contributed by atoms with Crippen LogP contribution in [0.15, 0.2) is 45.7 Å². The van der Waals surface area contributed by atoms with Gasteiger partial charge in [-0.15, -0.1) is 4.57 Å². The topological polar surface area (TPSA) is 85.8 Å². The number of carbonyl (C=O) groups excluding carboxylic acids is 1. The van der Waals surface area contributed by atoms with E-state index in [1.54, 1.807) is 25.1 Å². The van der Waals surface area contributed by atoms with Gasteiger partial charge in [0.15, 0.2) is 5.65 Å². The van der Waals surface area contributed by atoms with Crippen LogP contribution in [0.4, 0.5) is 5.69 Å². The van der Waals surface area contributed by atoms with Crippen LogP contribution in [0, 0.1) is 12.8 Å². The number of fused-ring (bicyclic) bond motifs is 1. The average molecular weight is 395 g/mol. The smallest absolute Gasteiger partial charge is 0.287 e. The fourth-order valence-electron chi connectivity index (χ4n) is 3.80. The average Bonchev–Trinajstić information content (AvgIpc) is 3.35. The fraction of sp³-hybridized carbons (Fsp3) is 0.409. The van der Waals surface area contributed by atoms with Crippen molar-refractivity contribution in [3.8, 4) is 5.75 Å². The first-order chi connectivity index (χ1) is 14.1. The monoisotopic (exact) mass is 395 g/mol. The van der Waals surface area contributed by atoms with Gasteiger partial charge >= 0.3 is 0 Å². The molecule has 1 fully saturated rings. The van der Waals surface area contributed by atoms with E-state index in [4.69, 9.17) is 9.26 Å². The molecule has 4 rings (SSSR count). The van der Waals surface area contributed by atoms with Gasteiger partial charge in [-0.2, -0.15) is 0 Å². The van der Waals surface area contributed by atoms with Gasteiger partial charge in [-0.1, -0.05) is 25.7 Å². The zero-order chi connectivity index (χ0) is 20.2. The number of benzene rings is 1. The maximum Gasteiger partial charge on any atom is 0.287 e. The molecule has 152 valence electrons. The van der Waals surface area contributed by atoms with E-state index in [1.165, 1.54) is 31.7 Å². The van der Waals surface area contributed by atoms with Crippen LogP contribution < -0.4 is 15.6 Å². The Morgan fingerprint density at radius 1 is 1.24 bits per heavy atom. The van der Waals surface area contributed by atoms with Gasteiger partial charge in [0.2, 0.25) is 5.91 Å². The Morgan fingerprint density at radius 2 is 2.00 bits per heavy atom. The van der Waals surface area contributed by atoms with Gasteiger partial charge in [-0.3, -0.25) is 9.59 Å². The van der Waals surface area contributed by atoms with E-state index >= 15 is 0 Å². The number of carbonyl (C=O) groups is 1. The van der Waals surface area contributed by atoms with Crippen LogP contribution in [0.1, 0.15) is 50.0 Å². The van der Waals surface area contributed by atoms with Crippen LogP contribution in [0.2, 0.25) is 0 Å². The number of ether oxygens (including phenoxy) is 1. The molecular formula is C22H25N3O4. The predicted molar refractivity (Wildman–Crippen MR) is 109 cm³/mol. The van der Waals surface area contributed by atoms with Crippen molar-refractivity contribution in [3.63, 3.8) is 0 Å². The zero-order valence-electron chi connectivity index (χ0n) is 16.5. The maximum absolute atomic E-state index is 12.1. The number of rotatable bonds is 7. The van der Waals surface area contributed by atoms with Crippen LogP contribution in [-0.4, -0.2) is 15.5 Å². The minimum atomic E-state index is -0.280. The Hall–Kier alpha value is -3.09. The molecule has 0 radical (unpaired) electrons. The van der Waals surface area contributed by atoms with Crippen molar-refractivity contribution in [1.29, 1.82) is 0 Å². The van der Waals surface area contributed by atoms with Gasteiger partial charge in [0.1, 0.15) is 18.1 Å². The van der Waals surface area contributed by atoms with Crippen molar-refractivity contribution < 1.29 is 14.1 Å². The first-order valence-corrected chi connectivity index (χ1v) is 10.1. The lowest BCUT2D eigenvalue weighted by Crippen LogP contribution is -2.14. The van der Waals surface area contributed by atoms with Gasteiger partial charge in [0, 0.05) is 24.2 Å². The second-order valence-electron chi connectivity index (χ2n) is 7.63. The SMILES string of the molecule is Cc1cc2nc(COc3ccc(NC(=O)CCC4CCCC4)cc3)cc(=O)n2o1. The fourth-order valence-corrected chi connectivity index (χ4v) is 3.80. The Balaban J connectivity index is 1.30. The van der Waals surface area contributed by atoms with E-state index in [9.17, 15) is 9.59 Å². The van der Waals surface area contributed by atoms with E-state index in [0.717, 1.165) is 16.7 Å². The van der Waals surface area contributed by atoms with Crippen LogP contribution in [0.3, 0.4) is 0 Å². The molecule has 0 aliphatic heterocycles. The molecule has 0 spiro atoms. The van der Waals surface area contributed by atoms with Crippen molar-refractivity contribution in [3.05, 3.63) is 58.2 Å². The van der Waals surface area contributed by atoms with Gasteiger partial charge in [0.05, 0.1) is 5.69 Å². The Labute approximate surface area is 168 Å². The lowest BCUT2D eigenvalue weighted by atomic mass is 10.0. The summed E-state index contributed by atoms with van der Waals surface area (Å²) in [5, 5.41) is 2.94. The van der Waals surface area contributed by atoms with Crippen molar-refractivity contribution >= 4 is 17.2 Å². The lowest BCUT2D eigenvalue weighted by molar-refractivity contribution is -0.116. The van der Waals surface area contributed by atoms with E-state index in [0.29, 0.717) is 35.2 Å². The molecule has 29 heavy (non-hydrogen) atoms. The molecule has 0 saturated heterocycles. The molecule has 7 heteroatoms. The number of aryl methyl sites for hydroxylation is 1. The summed E-state index contributed by atoms with van der Waals surface area (Å²) in [6.07, 6.45) is 6.66. The molecule has 0 bridgehead atoms.